The Bertz CT molecular complexity index is 637. The molecule has 1 fully saturated rings. The summed E-state index contributed by atoms with van der Waals surface area (Å²) in [5, 5.41) is 0.411. The molecule has 1 amide bonds. The van der Waals surface area contributed by atoms with Gasteiger partial charge in [-0.25, -0.2) is 9.97 Å². The van der Waals surface area contributed by atoms with Gasteiger partial charge in [-0.1, -0.05) is 11.8 Å². The van der Waals surface area contributed by atoms with E-state index in [0.29, 0.717) is 11.0 Å². The first-order chi connectivity index (χ1) is 9.28. The van der Waals surface area contributed by atoms with Gasteiger partial charge in [0.2, 0.25) is 5.91 Å². The van der Waals surface area contributed by atoms with Gasteiger partial charge in [-0.05, 0) is 6.26 Å². The van der Waals surface area contributed by atoms with E-state index < -0.39 is 21.9 Å². The van der Waals surface area contributed by atoms with Crippen LogP contribution in [-0.4, -0.2) is 42.8 Å². The van der Waals surface area contributed by atoms with E-state index in [1.807, 2.05) is 0 Å². The lowest BCUT2D eigenvalue weighted by Crippen LogP contribution is -2.26. The van der Waals surface area contributed by atoms with Crippen molar-refractivity contribution in [1.29, 1.82) is 0 Å². The minimum Gasteiger partial charge on any atom is -0.383 e. The summed E-state index contributed by atoms with van der Waals surface area (Å²) in [5.74, 6) is -1.01. The van der Waals surface area contributed by atoms with E-state index in [1.165, 1.54) is 22.7 Å². The SMILES string of the molecule is CSc1nc(N)cc(N2CC(CS(=O)(=O)F)CC2=O)n1. The summed E-state index contributed by atoms with van der Waals surface area (Å²) in [6.45, 7) is 0.103. The van der Waals surface area contributed by atoms with E-state index in [0.717, 1.165) is 0 Å². The zero-order valence-electron chi connectivity index (χ0n) is 10.6. The van der Waals surface area contributed by atoms with Gasteiger partial charge in [0.15, 0.2) is 5.16 Å². The van der Waals surface area contributed by atoms with Crippen LogP contribution in [0.5, 0.6) is 0 Å². The smallest absolute Gasteiger partial charge is 0.302 e. The molecule has 0 spiro atoms. The van der Waals surface area contributed by atoms with Gasteiger partial charge in [0.1, 0.15) is 11.6 Å². The lowest BCUT2D eigenvalue weighted by molar-refractivity contribution is -0.117. The molecule has 2 heterocycles. The molecule has 1 saturated heterocycles. The van der Waals surface area contributed by atoms with Crippen LogP contribution >= 0.6 is 11.8 Å². The predicted molar refractivity (Wildman–Crippen MR) is 73.6 cm³/mol. The average Bonchev–Trinajstić information content (AvgIpc) is 2.66. The molecule has 2 N–H and O–H groups in total. The van der Waals surface area contributed by atoms with Crippen molar-refractivity contribution in [3.05, 3.63) is 6.07 Å². The number of nitrogen functional groups attached to an aromatic ring is 1. The molecule has 10 heteroatoms. The molecule has 20 heavy (non-hydrogen) atoms. The molecule has 1 unspecified atom stereocenters. The second-order valence-electron chi connectivity index (χ2n) is 4.42. The Morgan fingerprint density at radius 3 is 2.85 bits per heavy atom. The summed E-state index contributed by atoms with van der Waals surface area (Å²) in [6.07, 6.45) is 1.74. The largest absolute Gasteiger partial charge is 0.383 e. The Hall–Kier alpha value is -1.42. The fourth-order valence-corrected chi connectivity index (χ4v) is 3.22. The maximum Gasteiger partial charge on any atom is 0.302 e. The van der Waals surface area contributed by atoms with E-state index in [1.54, 1.807) is 6.26 Å². The van der Waals surface area contributed by atoms with Crippen LogP contribution in [0.2, 0.25) is 0 Å². The third kappa shape index (κ3) is 3.57. The fraction of sp³-hybridized carbons (Fsp3) is 0.500. The molecule has 7 nitrogen and oxygen atoms in total. The first-order valence-corrected chi connectivity index (χ1v) is 8.47. The van der Waals surface area contributed by atoms with Crippen molar-refractivity contribution in [1.82, 2.24) is 9.97 Å². The van der Waals surface area contributed by atoms with Gasteiger partial charge >= 0.3 is 10.2 Å². The van der Waals surface area contributed by atoms with Gasteiger partial charge in [-0.2, -0.15) is 8.42 Å². The molecule has 1 aliphatic rings. The van der Waals surface area contributed by atoms with E-state index in [2.05, 4.69) is 9.97 Å². The number of rotatable bonds is 4. The average molecular weight is 320 g/mol. The molecule has 0 radical (unpaired) electrons. The van der Waals surface area contributed by atoms with Crippen molar-refractivity contribution in [3.8, 4) is 0 Å². The third-order valence-corrected chi connectivity index (χ3v) is 4.23. The summed E-state index contributed by atoms with van der Waals surface area (Å²) < 4.78 is 34.0. The van der Waals surface area contributed by atoms with E-state index in [-0.39, 0.29) is 24.7 Å². The molecule has 110 valence electrons. The third-order valence-electron chi connectivity index (χ3n) is 2.81. The predicted octanol–water partition coefficient (Wildman–Crippen LogP) is 0.433. The number of aromatic nitrogens is 2. The van der Waals surface area contributed by atoms with Crippen molar-refractivity contribution in [3.63, 3.8) is 0 Å². The minimum absolute atomic E-state index is 0.0261. The standard InChI is InChI=1S/C10H13FN4O3S2/c1-19-10-13-7(12)3-8(14-10)15-4-6(2-9(15)16)5-20(11,17)18/h3,6H,2,4-5H2,1H3,(H2,12,13,14). The van der Waals surface area contributed by atoms with Gasteiger partial charge in [0.05, 0.1) is 5.75 Å². The first-order valence-electron chi connectivity index (χ1n) is 5.70. The van der Waals surface area contributed by atoms with E-state index >= 15 is 0 Å². The Morgan fingerprint density at radius 1 is 1.55 bits per heavy atom. The lowest BCUT2D eigenvalue weighted by atomic mass is 10.1. The fourth-order valence-electron chi connectivity index (χ4n) is 2.06. The molecule has 0 saturated carbocycles. The van der Waals surface area contributed by atoms with E-state index in [4.69, 9.17) is 5.73 Å². The number of carbonyl (C=O) groups is 1. The summed E-state index contributed by atoms with van der Waals surface area (Å²) in [7, 11) is -4.60. The van der Waals surface area contributed by atoms with Crippen molar-refractivity contribution in [2.45, 2.75) is 11.6 Å². The van der Waals surface area contributed by atoms with Crippen molar-refractivity contribution < 1.29 is 17.1 Å². The zero-order chi connectivity index (χ0) is 14.9. The number of nitrogens with zero attached hydrogens (tertiary/aromatic N) is 3. The summed E-state index contributed by atoms with van der Waals surface area (Å²) in [5.41, 5.74) is 5.63. The highest BCUT2D eigenvalue weighted by Crippen LogP contribution is 2.27. The van der Waals surface area contributed by atoms with Crippen molar-refractivity contribution >= 4 is 39.5 Å². The molecular formula is C10H13FN4O3S2. The Kier molecular flexibility index (Phi) is 4.14. The first kappa shape index (κ1) is 15.0. The number of hydrogen-bond acceptors (Lipinski definition) is 7. The van der Waals surface area contributed by atoms with Crippen LogP contribution in [0.25, 0.3) is 0 Å². The second-order valence-corrected chi connectivity index (χ2v) is 6.60. The number of hydrogen-bond donors (Lipinski definition) is 1. The highest BCUT2D eigenvalue weighted by molar-refractivity contribution is 7.98. The number of nitrogens with two attached hydrogens (primary N) is 1. The highest BCUT2D eigenvalue weighted by Gasteiger charge is 2.34. The van der Waals surface area contributed by atoms with Gasteiger partial charge in [0, 0.05) is 24.9 Å². The highest BCUT2D eigenvalue weighted by atomic mass is 32.3. The normalized spacial score (nSPS) is 19.6. The van der Waals surface area contributed by atoms with Crippen LogP contribution in [0.15, 0.2) is 11.2 Å². The lowest BCUT2D eigenvalue weighted by Gasteiger charge is -2.16. The minimum atomic E-state index is -4.60. The molecular weight excluding hydrogens is 307 g/mol. The molecule has 1 atom stereocenters. The Morgan fingerprint density at radius 2 is 2.25 bits per heavy atom. The number of anilines is 2. The van der Waals surface area contributed by atoms with Crippen LogP contribution in [0.1, 0.15) is 6.42 Å². The van der Waals surface area contributed by atoms with Crippen LogP contribution < -0.4 is 10.6 Å². The monoisotopic (exact) mass is 320 g/mol. The molecule has 1 aromatic heterocycles. The molecule has 1 aromatic rings. The number of carbonyl (C=O) groups excluding carboxylic acids is 1. The van der Waals surface area contributed by atoms with Crippen LogP contribution in [0.4, 0.5) is 15.5 Å². The molecule has 0 bridgehead atoms. The van der Waals surface area contributed by atoms with Crippen LogP contribution in [-0.2, 0) is 15.0 Å². The van der Waals surface area contributed by atoms with Gasteiger partial charge in [0.25, 0.3) is 0 Å². The van der Waals surface area contributed by atoms with Crippen molar-refractivity contribution in [2.24, 2.45) is 5.92 Å². The maximum absolute atomic E-state index is 12.7. The number of amides is 1. The summed E-state index contributed by atoms with van der Waals surface area (Å²) >= 11 is 1.27. The molecule has 0 aromatic carbocycles. The Balaban J connectivity index is 2.21. The van der Waals surface area contributed by atoms with Crippen LogP contribution in [0.3, 0.4) is 0 Å². The molecule has 2 rings (SSSR count). The van der Waals surface area contributed by atoms with E-state index in [9.17, 15) is 17.1 Å². The van der Waals surface area contributed by atoms with Gasteiger partial charge in [-0.15, -0.1) is 3.89 Å². The maximum atomic E-state index is 12.7. The van der Waals surface area contributed by atoms with Gasteiger partial charge < -0.3 is 5.73 Å². The van der Waals surface area contributed by atoms with Crippen molar-refractivity contribution in [2.75, 3.05) is 29.2 Å². The topological polar surface area (TPSA) is 106 Å². The number of halogens is 1. The summed E-state index contributed by atoms with van der Waals surface area (Å²) in [6, 6.07) is 1.43. The second kappa shape index (κ2) is 5.52. The molecule has 0 aliphatic carbocycles. The zero-order valence-corrected chi connectivity index (χ0v) is 12.2. The molecule has 1 aliphatic heterocycles. The van der Waals surface area contributed by atoms with Crippen LogP contribution in [0, 0.1) is 5.92 Å². The van der Waals surface area contributed by atoms with Gasteiger partial charge in [-0.3, -0.25) is 9.69 Å². The quantitative estimate of drug-likeness (QED) is 0.487. The summed E-state index contributed by atoms with van der Waals surface area (Å²) in [4.78, 5) is 21.3. The number of thioether (sulfide) groups is 1. The Labute approximate surface area is 120 Å².